The number of carbonyl (C=O) groups is 1. The molecule has 2 rings (SSSR count). The van der Waals surface area contributed by atoms with Gasteiger partial charge in [0.1, 0.15) is 0 Å². The van der Waals surface area contributed by atoms with E-state index in [1.807, 2.05) is 30.3 Å². The highest BCUT2D eigenvalue weighted by molar-refractivity contribution is 6.22. The summed E-state index contributed by atoms with van der Waals surface area (Å²) in [4.78, 5) is 12.1. The molecule has 1 heterocycles. The number of para-hydroxylation sites is 1. The molecule has 20 heavy (non-hydrogen) atoms. The van der Waals surface area contributed by atoms with Gasteiger partial charge < -0.3 is 5.32 Å². The lowest BCUT2D eigenvalue weighted by Crippen LogP contribution is -2.49. The van der Waals surface area contributed by atoms with Gasteiger partial charge in [-0.3, -0.25) is 4.79 Å². The number of carbonyl (C=O) groups excluding carboxylic acids is 1. The number of aromatic nitrogens is 2. The third-order valence-electron chi connectivity index (χ3n) is 2.87. The SMILES string of the molecule is CC(CCl)(CCl)NC(=O)c1cnn(-c2ccccc2)c1. The van der Waals surface area contributed by atoms with Crippen LogP contribution in [0.1, 0.15) is 17.3 Å². The van der Waals surface area contributed by atoms with Crippen molar-refractivity contribution in [3.8, 4) is 5.69 Å². The average molecular weight is 312 g/mol. The van der Waals surface area contributed by atoms with Crippen LogP contribution in [-0.4, -0.2) is 33.0 Å². The zero-order chi connectivity index (χ0) is 14.6. The van der Waals surface area contributed by atoms with Gasteiger partial charge in [-0.1, -0.05) is 18.2 Å². The summed E-state index contributed by atoms with van der Waals surface area (Å²) in [6.45, 7) is 1.80. The van der Waals surface area contributed by atoms with Crippen LogP contribution in [-0.2, 0) is 0 Å². The number of halogens is 2. The molecule has 0 radical (unpaired) electrons. The minimum Gasteiger partial charge on any atom is -0.344 e. The Morgan fingerprint density at radius 3 is 2.55 bits per heavy atom. The van der Waals surface area contributed by atoms with Gasteiger partial charge in [-0.2, -0.15) is 5.10 Å². The number of nitrogens with zero attached hydrogens (tertiary/aromatic N) is 2. The van der Waals surface area contributed by atoms with E-state index >= 15 is 0 Å². The van der Waals surface area contributed by atoms with Crippen LogP contribution < -0.4 is 5.32 Å². The number of benzene rings is 1. The van der Waals surface area contributed by atoms with E-state index in [1.54, 1.807) is 17.8 Å². The highest BCUT2D eigenvalue weighted by Crippen LogP contribution is 2.12. The molecule has 106 valence electrons. The molecule has 4 nitrogen and oxygen atoms in total. The summed E-state index contributed by atoms with van der Waals surface area (Å²) in [5, 5.41) is 7.00. The Balaban J connectivity index is 2.15. The molecule has 0 bridgehead atoms. The zero-order valence-electron chi connectivity index (χ0n) is 11.0. The average Bonchev–Trinajstić information content (AvgIpc) is 2.98. The minimum absolute atomic E-state index is 0.240. The molecule has 1 amide bonds. The van der Waals surface area contributed by atoms with E-state index in [9.17, 15) is 4.79 Å². The third-order valence-corrected chi connectivity index (χ3v) is 4.05. The first kappa shape index (κ1) is 14.9. The Morgan fingerprint density at radius 1 is 1.30 bits per heavy atom. The van der Waals surface area contributed by atoms with Crippen LogP contribution >= 0.6 is 23.2 Å². The molecule has 1 aromatic carbocycles. The molecule has 1 N–H and O–H groups in total. The molecule has 0 atom stereocenters. The summed E-state index contributed by atoms with van der Waals surface area (Å²) in [5.74, 6) is 0.250. The zero-order valence-corrected chi connectivity index (χ0v) is 12.5. The van der Waals surface area contributed by atoms with Crippen LogP contribution in [0.25, 0.3) is 5.69 Å². The molecule has 1 aromatic heterocycles. The fourth-order valence-corrected chi connectivity index (χ4v) is 2.03. The molecular formula is C14H15Cl2N3O. The highest BCUT2D eigenvalue weighted by atomic mass is 35.5. The maximum Gasteiger partial charge on any atom is 0.254 e. The predicted octanol–water partition coefficient (Wildman–Crippen LogP) is 2.84. The normalized spacial score (nSPS) is 11.3. The molecule has 0 fully saturated rings. The number of nitrogens with one attached hydrogen (secondary N) is 1. The molecule has 0 unspecified atom stereocenters. The van der Waals surface area contributed by atoms with Crippen LogP contribution in [0.15, 0.2) is 42.7 Å². The monoisotopic (exact) mass is 311 g/mol. The largest absolute Gasteiger partial charge is 0.344 e. The predicted molar refractivity (Wildman–Crippen MR) is 80.9 cm³/mol. The lowest BCUT2D eigenvalue weighted by Gasteiger charge is -2.25. The Morgan fingerprint density at radius 2 is 1.95 bits per heavy atom. The van der Waals surface area contributed by atoms with E-state index in [0.29, 0.717) is 5.56 Å². The van der Waals surface area contributed by atoms with Crippen molar-refractivity contribution in [2.45, 2.75) is 12.5 Å². The fourth-order valence-electron chi connectivity index (χ4n) is 1.61. The number of rotatable bonds is 5. The van der Waals surface area contributed by atoms with Crippen molar-refractivity contribution in [2.75, 3.05) is 11.8 Å². The number of hydrogen-bond donors (Lipinski definition) is 1. The molecule has 0 saturated carbocycles. The van der Waals surface area contributed by atoms with E-state index in [0.717, 1.165) is 5.69 Å². The Hall–Kier alpha value is -1.52. The van der Waals surface area contributed by atoms with Crippen LogP contribution in [0.3, 0.4) is 0 Å². The van der Waals surface area contributed by atoms with Gasteiger partial charge in [0.15, 0.2) is 0 Å². The van der Waals surface area contributed by atoms with Gasteiger partial charge in [0.2, 0.25) is 0 Å². The van der Waals surface area contributed by atoms with Crippen molar-refractivity contribution < 1.29 is 4.79 Å². The van der Waals surface area contributed by atoms with Gasteiger partial charge in [-0.25, -0.2) is 4.68 Å². The van der Waals surface area contributed by atoms with Crippen molar-refractivity contribution in [1.29, 1.82) is 0 Å². The molecule has 0 spiro atoms. The van der Waals surface area contributed by atoms with Gasteiger partial charge in [0, 0.05) is 18.0 Å². The summed E-state index contributed by atoms with van der Waals surface area (Å²) in [7, 11) is 0. The number of alkyl halides is 2. The van der Waals surface area contributed by atoms with E-state index in [-0.39, 0.29) is 17.7 Å². The Bertz CT molecular complexity index is 579. The van der Waals surface area contributed by atoms with Crippen molar-refractivity contribution >= 4 is 29.1 Å². The third kappa shape index (κ3) is 3.32. The first-order chi connectivity index (χ1) is 9.58. The van der Waals surface area contributed by atoms with E-state index in [4.69, 9.17) is 23.2 Å². The summed E-state index contributed by atoms with van der Waals surface area (Å²) in [5.41, 5.74) is 0.731. The topological polar surface area (TPSA) is 46.9 Å². The first-order valence-corrected chi connectivity index (χ1v) is 7.19. The molecule has 0 aliphatic heterocycles. The number of hydrogen-bond acceptors (Lipinski definition) is 2. The summed E-state index contributed by atoms with van der Waals surface area (Å²) in [6.07, 6.45) is 3.19. The molecule has 6 heteroatoms. The standard InChI is InChI=1S/C14H15Cl2N3O/c1-14(9-15,10-16)18-13(20)11-7-17-19(8-11)12-5-3-2-4-6-12/h2-8H,9-10H2,1H3,(H,18,20). The lowest BCUT2D eigenvalue weighted by atomic mass is 10.1. The van der Waals surface area contributed by atoms with E-state index in [2.05, 4.69) is 10.4 Å². The Kier molecular flexibility index (Phi) is 4.68. The lowest BCUT2D eigenvalue weighted by molar-refractivity contribution is 0.0921. The molecule has 0 aliphatic rings. The smallest absolute Gasteiger partial charge is 0.254 e. The van der Waals surface area contributed by atoms with Gasteiger partial charge in [-0.15, -0.1) is 23.2 Å². The first-order valence-electron chi connectivity index (χ1n) is 6.12. The fraction of sp³-hybridized carbons (Fsp3) is 0.286. The summed E-state index contributed by atoms with van der Waals surface area (Å²) < 4.78 is 1.65. The van der Waals surface area contributed by atoms with Crippen LogP contribution in [0.2, 0.25) is 0 Å². The summed E-state index contributed by atoms with van der Waals surface area (Å²) in [6, 6.07) is 9.57. The summed E-state index contributed by atoms with van der Waals surface area (Å²) >= 11 is 11.6. The number of amides is 1. The van der Waals surface area contributed by atoms with Crippen LogP contribution in [0, 0.1) is 0 Å². The van der Waals surface area contributed by atoms with Crippen LogP contribution in [0.4, 0.5) is 0 Å². The van der Waals surface area contributed by atoms with E-state index < -0.39 is 5.54 Å². The molecule has 0 aliphatic carbocycles. The molecule has 0 saturated heterocycles. The van der Waals surface area contributed by atoms with Gasteiger partial charge in [-0.05, 0) is 19.1 Å². The van der Waals surface area contributed by atoms with Crippen molar-refractivity contribution in [3.63, 3.8) is 0 Å². The molecular weight excluding hydrogens is 297 g/mol. The van der Waals surface area contributed by atoms with Crippen molar-refractivity contribution in [2.24, 2.45) is 0 Å². The minimum atomic E-state index is -0.630. The van der Waals surface area contributed by atoms with Gasteiger partial charge in [0.25, 0.3) is 5.91 Å². The molecule has 2 aromatic rings. The maximum atomic E-state index is 12.1. The Labute approximate surface area is 127 Å². The highest BCUT2D eigenvalue weighted by Gasteiger charge is 2.25. The second-order valence-electron chi connectivity index (χ2n) is 4.79. The van der Waals surface area contributed by atoms with Gasteiger partial charge >= 0.3 is 0 Å². The second kappa shape index (κ2) is 6.29. The second-order valence-corrected chi connectivity index (χ2v) is 5.33. The maximum absolute atomic E-state index is 12.1. The van der Waals surface area contributed by atoms with Crippen molar-refractivity contribution in [3.05, 3.63) is 48.3 Å². The van der Waals surface area contributed by atoms with Gasteiger partial charge in [0.05, 0.1) is 23.0 Å². The quantitative estimate of drug-likeness (QED) is 0.863. The van der Waals surface area contributed by atoms with Crippen molar-refractivity contribution in [1.82, 2.24) is 15.1 Å². The van der Waals surface area contributed by atoms with E-state index in [1.165, 1.54) is 6.20 Å². The van der Waals surface area contributed by atoms with Crippen LogP contribution in [0.5, 0.6) is 0 Å².